The van der Waals surface area contributed by atoms with E-state index in [9.17, 15) is 18.0 Å². The Kier molecular flexibility index (Phi) is 7.60. The van der Waals surface area contributed by atoms with Crippen LogP contribution in [0.5, 0.6) is 5.88 Å². The van der Waals surface area contributed by atoms with E-state index in [-0.39, 0.29) is 29.5 Å². The lowest BCUT2D eigenvalue weighted by Crippen LogP contribution is -2.38. The second kappa shape index (κ2) is 10.3. The molecule has 0 bridgehead atoms. The number of carbonyl (C=O) groups is 1. The van der Waals surface area contributed by atoms with Crippen molar-refractivity contribution in [1.82, 2.24) is 9.88 Å². The lowest BCUT2D eigenvalue weighted by atomic mass is 9.86. The highest BCUT2D eigenvalue weighted by Gasteiger charge is 2.42. The maximum atomic E-state index is 13.2. The Hall–Kier alpha value is -2.03. The number of ether oxygens (including phenoxy) is 2. The third kappa shape index (κ3) is 5.61. The first-order chi connectivity index (χ1) is 16.1. The number of nitrogens with zero attached hydrogens (tertiary/aromatic N) is 2. The molecule has 0 N–H and O–H groups in total. The maximum absolute atomic E-state index is 13.2. The molecule has 5 nitrogen and oxygen atoms in total. The van der Waals surface area contributed by atoms with Crippen LogP contribution in [-0.4, -0.2) is 48.2 Å². The quantitative estimate of drug-likeness (QED) is 0.500. The van der Waals surface area contributed by atoms with Crippen LogP contribution in [0.15, 0.2) is 36.5 Å². The monoisotopic (exact) mass is 516 g/mol. The molecule has 1 aromatic carbocycles. The van der Waals surface area contributed by atoms with Crippen molar-refractivity contribution in [2.45, 2.75) is 38.0 Å². The van der Waals surface area contributed by atoms with Gasteiger partial charge in [-0.05, 0) is 43.5 Å². The molecule has 3 unspecified atom stereocenters. The highest BCUT2D eigenvalue weighted by Crippen LogP contribution is 2.39. The van der Waals surface area contributed by atoms with Gasteiger partial charge in [-0.25, -0.2) is 4.98 Å². The second-order valence-electron chi connectivity index (χ2n) is 8.78. The van der Waals surface area contributed by atoms with Crippen molar-refractivity contribution in [3.05, 3.63) is 57.7 Å². The van der Waals surface area contributed by atoms with E-state index in [0.717, 1.165) is 17.8 Å². The SMILES string of the molecule is CC(Oc1ccc(C(F)(F)F)cn1)C1CN(C(=O)C2CCOCC2)CC1c1ccc(Cl)c(Cl)c1. The van der Waals surface area contributed by atoms with Gasteiger partial charge in [-0.3, -0.25) is 4.79 Å². The summed E-state index contributed by atoms with van der Waals surface area (Å²) in [5.74, 6) is -0.0822. The summed E-state index contributed by atoms with van der Waals surface area (Å²) in [6.07, 6.45) is -2.74. The van der Waals surface area contributed by atoms with Crippen LogP contribution >= 0.6 is 23.2 Å². The number of aromatic nitrogens is 1. The molecule has 3 atom stereocenters. The zero-order chi connectivity index (χ0) is 24.5. The normalized spacial score (nSPS) is 22.6. The molecule has 2 saturated heterocycles. The molecule has 0 aliphatic carbocycles. The molecular formula is C24H25Cl2F3N2O3. The molecular weight excluding hydrogens is 492 g/mol. The third-order valence-corrected chi connectivity index (χ3v) is 7.33. The van der Waals surface area contributed by atoms with Crippen LogP contribution < -0.4 is 4.74 Å². The van der Waals surface area contributed by atoms with Gasteiger partial charge in [-0.2, -0.15) is 13.2 Å². The Bertz CT molecular complexity index is 1010. The molecule has 0 saturated carbocycles. The molecule has 3 heterocycles. The van der Waals surface area contributed by atoms with E-state index in [1.807, 2.05) is 17.9 Å². The van der Waals surface area contributed by atoms with E-state index in [4.69, 9.17) is 32.7 Å². The molecule has 10 heteroatoms. The Balaban J connectivity index is 1.54. The summed E-state index contributed by atoms with van der Waals surface area (Å²) in [6.45, 7) is 3.94. The van der Waals surface area contributed by atoms with Crippen LogP contribution in [0.1, 0.15) is 36.8 Å². The van der Waals surface area contributed by atoms with Crippen molar-refractivity contribution in [2.75, 3.05) is 26.3 Å². The first-order valence-electron chi connectivity index (χ1n) is 11.1. The highest BCUT2D eigenvalue weighted by molar-refractivity contribution is 6.42. The Morgan fingerprint density at radius 3 is 2.50 bits per heavy atom. The van der Waals surface area contributed by atoms with Gasteiger partial charge in [0.1, 0.15) is 6.10 Å². The van der Waals surface area contributed by atoms with Gasteiger partial charge in [0.15, 0.2) is 0 Å². The van der Waals surface area contributed by atoms with E-state index in [1.54, 1.807) is 12.1 Å². The second-order valence-corrected chi connectivity index (χ2v) is 9.59. The molecule has 34 heavy (non-hydrogen) atoms. The summed E-state index contributed by atoms with van der Waals surface area (Å²) in [4.78, 5) is 18.9. The summed E-state index contributed by atoms with van der Waals surface area (Å²) < 4.78 is 49.9. The molecule has 1 aromatic heterocycles. The molecule has 2 fully saturated rings. The smallest absolute Gasteiger partial charge is 0.417 e. The predicted molar refractivity (Wildman–Crippen MR) is 122 cm³/mol. The van der Waals surface area contributed by atoms with Crippen LogP contribution in [0.2, 0.25) is 10.0 Å². The number of rotatable bonds is 5. The van der Waals surface area contributed by atoms with Crippen molar-refractivity contribution in [1.29, 1.82) is 0 Å². The van der Waals surface area contributed by atoms with Gasteiger partial charge in [0, 0.05) is 56.3 Å². The van der Waals surface area contributed by atoms with Crippen LogP contribution in [0.4, 0.5) is 13.2 Å². The van der Waals surface area contributed by atoms with Crippen LogP contribution in [0.25, 0.3) is 0 Å². The Morgan fingerprint density at radius 1 is 1.15 bits per heavy atom. The van der Waals surface area contributed by atoms with Crippen LogP contribution in [0, 0.1) is 11.8 Å². The van der Waals surface area contributed by atoms with Gasteiger partial charge < -0.3 is 14.4 Å². The number of hydrogen-bond acceptors (Lipinski definition) is 4. The number of benzene rings is 1. The fourth-order valence-electron chi connectivity index (χ4n) is 4.68. The number of halogens is 5. The number of amides is 1. The topological polar surface area (TPSA) is 51.7 Å². The molecule has 2 aromatic rings. The zero-order valence-electron chi connectivity index (χ0n) is 18.5. The van der Waals surface area contributed by atoms with Crippen molar-refractivity contribution in [3.8, 4) is 5.88 Å². The number of likely N-dealkylation sites (tertiary alicyclic amines) is 1. The fraction of sp³-hybridized carbons (Fsp3) is 0.500. The maximum Gasteiger partial charge on any atom is 0.417 e. The summed E-state index contributed by atoms with van der Waals surface area (Å²) in [7, 11) is 0. The number of alkyl halides is 3. The van der Waals surface area contributed by atoms with Gasteiger partial charge in [-0.15, -0.1) is 0 Å². The minimum Gasteiger partial charge on any atom is -0.474 e. The summed E-state index contributed by atoms with van der Waals surface area (Å²) in [5, 5.41) is 0.860. The van der Waals surface area contributed by atoms with Gasteiger partial charge in [0.2, 0.25) is 11.8 Å². The summed E-state index contributed by atoms with van der Waals surface area (Å²) in [6, 6.07) is 7.57. The van der Waals surface area contributed by atoms with E-state index in [2.05, 4.69) is 4.98 Å². The fourth-order valence-corrected chi connectivity index (χ4v) is 4.99. The molecule has 0 spiro atoms. The third-order valence-electron chi connectivity index (χ3n) is 6.59. The van der Waals surface area contributed by atoms with E-state index in [1.165, 1.54) is 6.07 Å². The Labute approximate surface area is 206 Å². The van der Waals surface area contributed by atoms with Gasteiger partial charge in [-0.1, -0.05) is 29.3 Å². The molecule has 2 aliphatic rings. The number of pyridine rings is 1. The van der Waals surface area contributed by atoms with Gasteiger partial charge >= 0.3 is 6.18 Å². The first kappa shape index (κ1) is 25.1. The van der Waals surface area contributed by atoms with Crippen molar-refractivity contribution < 1.29 is 27.4 Å². The summed E-state index contributed by atoms with van der Waals surface area (Å²) in [5.41, 5.74) is 0.0905. The summed E-state index contributed by atoms with van der Waals surface area (Å²) >= 11 is 12.4. The molecule has 2 aliphatic heterocycles. The average Bonchev–Trinajstić information content (AvgIpc) is 3.26. The van der Waals surface area contributed by atoms with Crippen molar-refractivity contribution in [2.24, 2.45) is 11.8 Å². The first-order valence-corrected chi connectivity index (χ1v) is 11.9. The number of carbonyl (C=O) groups excluding carboxylic acids is 1. The van der Waals surface area contributed by atoms with Crippen LogP contribution in [0.3, 0.4) is 0 Å². The van der Waals surface area contributed by atoms with E-state index >= 15 is 0 Å². The zero-order valence-corrected chi connectivity index (χ0v) is 20.0. The standard InChI is InChI=1S/C24H25Cl2F3N2O3/c1-14(34-22-5-3-17(11-30-22)24(27,28)29)18-12-31(23(32)15-6-8-33-9-7-15)13-19(18)16-2-4-20(25)21(26)10-16/h2-5,10-11,14-15,18-19H,6-9,12-13H2,1H3. The minimum absolute atomic E-state index is 0.0743. The largest absolute Gasteiger partial charge is 0.474 e. The van der Waals surface area contributed by atoms with Gasteiger partial charge in [0.25, 0.3) is 0 Å². The number of hydrogen-bond donors (Lipinski definition) is 0. The molecule has 0 radical (unpaired) electrons. The minimum atomic E-state index is -4.47. The molecule has 4 rings (SSSR count). The lowest BCUT2D eigenvalue weighted by molar-refractivity contribution is -0.138. The van der Waals surface area contributed by atoms with Crippen molar-refractivity contribution >= 4 is 29.1 Å². The average molecular weight is 517 g/mol. The van der Waals surface area contributed by atoms with E-state index in [0.29, 0.717) is 49.2 Å². The molecule has 184 valence electrons. The van der Waals surface area contributed by atoms with Gasteiger partial charge in [0.05, 0.1) is 15.6 Å². The lowest BCUT2D eigenvalue weighted by Gasteiger charge is -2.27. The van der Waals surface area contributed by atoms with Crippen LogP contribution in [-0.2, 0) is 15.7 Å². The Morgan fingerprint density at radius 2 is 1.88 bits per heavy atom. The molecule has 1 amide bonds. The van der Waals surface area contributed by atoms with E-state index < -0.39 is 17.8 Å². The highest BCUT2D eigenvalue weighted by atomic mass is 35.5. The predicted octanol–water partition coefficient (Wildman–Crippen LogP) is 5.84. The van der Waals surface area contributed by atoms with Crippen molar-refractivity contribution in [3.63, 3.8) is 0 Å².